The SMILES string of the molecule is O=C(CNC12CC3CC(C1)C(O)(C3)C2)N1CCSCC1. The molecule has 20 heavy (non-hydrogen) atoms. The number of carbonyl (C=O) groups excluding carboxylic acids is 1. The first-order valence-corrected chi connectivity index (χ1v) is 9.07. The number of nitrogens with zero attached hydrogens (tertiary/aromatic N) is 1. The monoisotopic (exact) mass is 296 g/mol. The summed E-state index contributed by atoms with van der Waals surface area (Å²) < 4.78 is 0. The lowest BCUT2D eigenvalue weighted by molar-refractivity contribution is -0.130. The van der Waals surface area contributed by atoms with Crippen LogP contribution in [-0.2, 0) is 4.79 Å². The van der Waals surface area contributed by atoms with E-state index in [9.17, 15) is 9.90 Å². The summed E-state index contributed by atoms with van der Waals surface area (Å²) in [6.07, 6.45) is 5.30. The molecule has 0 aromatic heterocycles. The van der Waals surface area contributed by atoms with Crippen LogP contribution in [0.25, 0.3) is 0 Å². The number of aliphatic hydroxyl groups is 1. The molecule has 1 heterocycles. The van der Waals surface area contributed by atoms with Crippen molar-refractivity contribution in [1.29, 1.82) is 0 Å². The molecular weight excluding hydrogens is 272 g/mol. The van der Waals surface area contributed by atoms with Crippen LogP contribution in [0.1, 0.15) is 32.1 Å². The third-order valence-electron chi connectivity index (χ3n) is 5.96. The highest BCUT2D eigenvalue weighted by Gasteiger charge is 2.63. The Labute approximate surface area is 124 Å². The molecular formula is C15H24N2O2S. The van der Waals surface area contributed by atoms with Gasteiger partial charge in [-0.25, -0.2) is 0 Å². The molecule has 112 valence electrons. The van der Waals surface area contributed by atoms with Crippen LogP contribution in [-0.4, -0.2) is 58.2 Å². The average molecular weight is 296 g/mol. The number of hydrogen-bond acceptors (Lipinski definition) is 4. The molecule has 4 nitrogen and oxygen atoms in total. The second-order valence-electron chi connectivity index (χ2n) is 7.32. The predicted octanol–water partition coefficient (Wildman–Crippen LogP) is 0.845. The Hall–Kier alpha value is -0.260. The van der Waals surface area contributed by atoms with Crippen LogP contribution in [0.5, 0.6) is 0 Å². The highest BCUT2D eigenvalue weighted by atomic mass is 32.2. The summed E-state index contributed by atoms with van der Waals surface area (Å²) in [7, 11) is 0. The fourth-order valence-corrected chi connectivity index (χ4v) is 6.15. The molecule has 1 amide bonds. The van der Waals surface area contributed by atoms with E-state index in [1.54, 1.807) is 0 Å². The summed E-state index contributed by atoms with van der Waals surface area (Å²) in [6.45, 7) is 2.25. The lowest BCUT2D eigenvalue weighted by Crippen LogP contribution is -2.53. The Balaban J connectivity index is 1.37. The van der Waals surface area contributed by atoms with Gasteiger partial charge in [-0.3, -0.25) is 4.79 Å². The van der Waals surface area contributed by atoms with E-state index in [2.05, 4.69) is 5.32 Å². The zero-order chi connectivity index (χ0) is 13.8. The van der Waals surface area contributed by atoms with E-state index in [0.29, 0.717) is 18.4 Å². The maximum atomic E-state index is 12.3. The van der Waals surface area contributed by atoms with Gasteiger partial charge in [0.1, 0.15) is 0 Å². The second kappa shape index (κ2) is 4.62. The van der Waals surface area contributed by atoms with Gasteiger partial charge < -0.3 is 15.3 Å². The number of amides is 1. The van der Waals surface area contributed by atoms with Crippen molar-refractivity contribution >= 4 is 17.7 Å². The number of nitrogens with one attached hydrogen (secondary N) is 1. The van der Waals surface area contributed by atoms with Gasteiger partial charge in [-0.15, -0.1) is 0 Å². The zero-order valence-corrected chi connectivity index (χ0v) is 12.8. The van der Waals surface area contributed by atoms with Crippen molar-refractivity contribution in [2.24, 2.45) is 11.8 Å². The fourth-order valence-electron chi connectivity index (χ4n) is 5.25. The van der Waals surface area contributed by atoms with Crippen molar-refractivity contribution in [3.8, 4) is 0 Å². The predicted molar refractivity (Wildman–Crippen MR) is 79.7 cm³/mol. The summed E-state index contributed by atoms with van der Waals surface area (Å²) in [6, 6.07) is 0. The molecule has 0 aromatic rings. The number of hydrogen-bond donors (Lipinski definition) is 2. The summed E-state index contributed by atoms with van der Waals surface area (Å²) in [4.78, 5) is 14.3. The van der Waals surface area contributed by atoms with E-state index in [0.717, 1.165) is 50.3 Å². The Morgan fingerprint density at radius 1 is 1.30 bits per heavy atom. The van der Waals surface area contributed by atoms with E-state index in [-0.39, 0.29) is 11.4 Å². The minimum absolute atomic E-state index is 0.0563. The van der Waals surface area contributed by atoms with Crippen LogP contribution in [0, 0.1) is 11.8 Å². The first kappa shape index (κ1) is 13.4. The molecule has 4 aliphatic carbocycles. The fraction of sp³-hybridized carbons (Fsp3) is 0.933. The van der Waals surface area contributed by atoms with Gasteiger partial charge in [-0.1, -0.05) is 0 Å². The summed E-state index contributed by atoms with van der Waals surface area (Å²) in [5.41, 5.74) is -0.360. The molecule has 1 saturated heterocycles. The number of thioether (sulfide) groups is 1. The number of carbonyl (C=O) groups is 1. The van der Waals surface area contributed by atoms with E-state index < -0.39 is 5.60 Å². The standard InChI is InChI=1S/C15H24N2O2S/c18-13(17-1-3-20-4-2-17)9-16-14-6-11-5-12(8-14)15(19,7-11)10-14/h11-12,16,19H,1-10H2. The molecule has 4 unspecified atom stereocenters. The Bertz CT molecular complexity index is 426. The van der Waals surface area contributed by atoms with E-state index in [1.807, 2.05) is 16.7 Å². The first-order chi connectivity index (χ1) is 9.59. The van der Waals surface area contributed by atoms with Crippen LogP contribution in [0.15, 0.2) is 0 Å². The Kier molecular flexibility index (Phi) is 3.09. The molecule has 4 atom stereocenters. The van der Waals surface area contributed by atoms with Crippen molar-refractivity contribution in [3.05, 3.63) is 0 Å². The van der Waals surface area contributed by atoms with Crippen molar-refractivity contribution < 1.29 is 9.90 Å². The van der Waals surface area contributed by atoms with Gasteiger partial charge in [-0.05, 0) is 43.9 Å². The normalized spacial score (nSPS) is 46.1. The maximum absolute atomic E-state index is 12.3. The van der Waals surface area contributed by atoms with E-state index in [1.165, 1.54) is 6.42 Å². The van der Waals surface area contributed by atoms with Crippen LogP contribution >= 0.6 is 11.8 Å². The van der Waals surface area contributed by atoms with Gasteiger partial charge in [-0.2, -0.15) is 11.8 Å². The van der Waals surface area contributed by atoms with Crippen molar-refractivity contribution in [2.75, 3.05) is 31.1 Å². The van der Waals surface area contributed by atoms with Crippen molar-refractivity contribution in [3.63, 3.8) is 0 Å². The first-order valence-electron chi connectivity index (χ1n) is 7.92. The molecule has 5 aliphatic rings. The lowest BCUT2D eigenvalue weighted by Gasteiger charge is -2.40. The molecule has 4 bridgehead atoms. The van der Waals surface area contributed by atoms with Gasteiger partial charge >= 0.3 is 0 Å². The van der Waals surface area contributed by atoms with Gasteiger partial charge in [0.05, 0.1) is 12.1 Å². The summed E-state index contributed by atoms with van der Waals surface area (Å²) in [5, 5.41) is 14.2. The third kappa shape index (κ3) is 2.09. The quantitative estimate of drug-likeness (QED) is 0.810. The maximum Gasteiger partial charge on any atom is 0.236 e. The van der Waals surface area contributed by atoms with Gasteiger partial charge in [0.25, 0.3) is 0 Å². The van der Waals surface area contributed by atoms with E-state index >= 15 is 0 Å². The van der Waals surface area contributed by atoms with Crippen molar-refractivity contribution in [2.45, 2.75) is 43.2 Å². The minimum atomic E-state index is -0.416. The lowest BCUT2D eigenvalue weighted by atomic mass is 9.75. The molecule has 0 radical (unpaired) electrons. The van der Waals surface area contributed by atoms with E-state index in [4.69, 9.17) is 0 Å². The van der Waals surface area contributed by atoms with Gasteiger partial charge in [0, 0.05) is 30.1 Å². The molecule has 2 N–H and O–H groups in total. The van der Waals surface area contributed by atoms with Crippen LogP contribution in [0.3, 0.4) is 0 Å². The summed E-state index contributed by atoms with van der Waals surface area (Å²) in [5.74, 6) is 3.55. The molecule has 5 heteroatoms. The summed E-state index contributed by atoms with van der Waals surface area (Å²) >= 11 is 1.93. The van der Waals surface area contributed by atoms with Crippen LogP contribution in [0.2, 0.25) is 0 Å². The third-order valence-corrected chi connectivity index (χ3v) is 6.90. The molecule has 0 aromatic carbocycles. The highest BCUT2D eigenvalue weighted by molar-refractivity contribution is 7.99. The highest BCUT2D eigenvalue weighted by Crippen LogP contribution is 2.61. The van der Waals surface area contributed by atoms with Gasteiger partial charge in [0.2, 0.25) is 5.91 Å². The molecule has 1 aliphatic heterocycles. The number of rotatable bonds is 3. The second-order valence-corrected chi connectivity index (χ2v) is 8.54. The largest absolute Gasteiger partial charge is 0.390 e. The zero-order valence-electron chi connectivity index (χ0n) is 11.9. The van der Waals surface area contributed by atoms with Gasteiger partial charge in [0.15, 0.2) is 0 Å². The Morgan fingerprint density at radius 3 is 2.80 bits per heavy atom. The minimum Gasteiger partial charge on any atom is -0.390 e. The molecule has 5 fully saturated rings. The van der Waals surface area contributed by atoms with Crippen LogP contribution in [0.4, 0.5) is 0 Å². The topological polar surface area (TPSA) is 52.6 Å². The van der Waals surface area contributed by atoms with Crippen LogP contribution < -0.4 is 5.32 Å². The average Bonchev–Trinajstić information content (AvgIpc) is 2.78. The Morgan fingerprint density at radius 2 is 2.10 bits per heavy atom. The van der Waals surface area contributed by atoms with Crippen molar-refractivity contribution in [1.82, 2.24) is 10.2 Å². The molecule has 5 rings (SSSR count). The molecule has 4 saturated carbocycles. The molecule has 0 spiro atoms. The smallest absolute Gasteiger partial charge is 0.236 e.